The van der Waals surface area contributed by atoms with Crippen LogP contribution in [-0.4, -0.2) is 28.5 Å². The molecular formula is C5H14O5P2. The normalized spacial score (nSPS) is 24.1. The van der Waals surface area contributed by atoms with Gasteiger partial charge in [0.05, 0.1) is 6.61 Å². The molecule has 7 heteroatoms. The van der Waals surface area contributed by atoms with Gasteiger partial charge in [0.15, 0.2) is 0 Å². The lowest BCUT2D eigenvalue weighted by Gasteiger charge is -2.20. The van der Waals surface area contributed by atoms with Gasteiger partial charge in [-0.25, -0.2) is 0 Å². The molecule has 3 atom stereocenters. The van der Waals surface area contributed by atoms with Crippen molar-refractivity contribution in [1.29, 1.82) is 0 Å². The molecule has 0 fully saturated rings. The third kappa shape index (κ3) is 3.38. The van der Waals surface area contributed by atoms with Crippen LogP contribution in [-0.2, 0) is 13.7 Å². The van der Waals surface area contributed by atoms with E-state index in [1.54, 1.807) is 6.92 Å². The van der Waals surface area contributed by atoms with E-state index >= 15 is 0 Å². The highest BCUT2D eigenvalue weighted by atomic mass is 31.2. The van der Waals surface area contributed by atoms with Crippen molar-refractivity contribution in [1.82, 2.24) is 0 Å². The first-order valence-electron chi connectivity index (χ1n) is 3.48. The maximum Gasteiger partial charge on any atom is 0.340 e. The van der Waals surface area contributed by atoms with Crippen LogP contribution in [0, 0.1) is 0 Å². The van der Waals surface area contributed by atoms with Crippen LogP contribution in [0.25, 0.3) is 0 Å². The molecule has 2 N–H and O–H groups in total. The standard InChI is InChI=1S/C5H14O5P2/c1-4-10-12(8,9)5(2)11(3,6)7/h5H,4H2,1-3H3,(H,6,7)(H,8,9). The first-order valence-corrected chi connectivity index (χ1v) is 7.31. The van der Waals surface area contributed by atoms with E-state index in [9.17, 15) is 9.13 Å². The topological polar surface area (TPSA) is 83.8 Å². The summed E-state index contributed by atoms with van der Waals surface area (Å²) in [6.07, 6.45) is 0. The molecule has 0 aromatic heterocycles. The van der Waals surface area contributed by atoms with Gasteiger partial charge < -0.3 is 14.3 Å². The lowest BCUT2D eigenvalue weighted by molar-refractivity contribution is 0.270. The smallest absolute Gasteiger partial charge is 0.340 e. The van der Waals surface area contributed by atoms with E-state index in [1.165, 1.54) is 6.92 Å². The maximum atomic E-state index is 11.2. The van der Waals surface area contributed by atoms with Crippen LogP contribution in [0.1, 0.15) is 13.8 Å². The third-order valence-corrected chi connectivity index (χ3v) is 6.60. The lowest BCUT2D eigenvalue weighted by atomic mass is 10.9. The molecule has 12 heavy (non-hydrogen) atoms. The van der Waals surface area contributed by atoms with Crippen molar-refractivity contribution < 1.29 is 23.4 Å². The zero-order chi connectivity index (χ0) is 9.99. The third-order valence-electron chi connectivity index (χ3n) is 1.48. The van der Waals surface area contributed by atoms with Crippen molar-refractivity contribution in [2.75, 3.05) is 13.3 Å². The molecule has 0 aromatic carbocycles. The summed E-state index contributed by atoms with van der Waals surface area (Å²) in [6.45, 7) is 3.88. The first kappa shape index (κ1) is 12.3. The highest BCUT2D eigenvalue weighted by Gasteiger charge is 2.38. The van der Waals surface area contributed by atoms with Gasteiger partial charge in [-0.1, -0.05) is 0 Å². The molecule has 0 amide bonds. The van der Waals surface area contributed by atoms with Gasteiger partial charge in [-0.3, -0.25) is 9.13 Å². The van der Waals surface area contributed by atoms with E-state index in [0.717, 1.165) is 6.66 Å². The van der Waals surface area contributed by atoms with Crippen LogP contribution in [0.2, 0.25) is 0 Å². The Balaban J connectivity index is 4.58. The molecule has 0 aliphatic carbocycles. The van der Waals surface area contributed by atoms with Crippen molar-refractivity contribution in [2.24, 2.45) is 0 Å². The second-order valence-electron chi connectivity index (χ2n) is 2.56. The van der Waals surface area contributed by atoms with Crippen LogP contribution in [0.4, 0.5) is 0 Å². The van der Waals surface area contributed by atoms with Gasteiger partial charge in [0, 0.05) is 6.66 Å². The number of rotatable bonds is 4. The SMILES string of the molecule is CCOP(=O)(O)C(C)P(C)(=O)O. The summed E-state index contributed by atoms with van der Waals surface area (Å²) < 4.78 is 26.6. The molecule has 0 aliphatic rings. The van der Waals surface area contributed by atoms with Gasteiger partial charge in [-0.15, -0.1) is 0 Å². The molecule has 0 rings (SSSR count). The van der Waals surface area contributed by atoms with Crippen LogP contribution >= 0.6 is 15.0 Å². The Labute approximate surface area is 71.7 Å². The monoisotopic (exact) mass is 216 g/mol. The maximum absolute atomic E-state index is 11.2. The summed E-state index contributed by atoms with van der Waals surface area (Å²) in [7, 11) is -7.46. The van der Waals surface area contributed by atoms with E-state index in [1.807, 2.05) is 0 Å². The first-order chi connectivity index (χ1) is 5.22. The van der Waals surface area contributed by atoms with Crippen molar-refractivity contribution in [3.05, 3.63) is 0 Å². The zero-order valence-corrected chi connectivity index (χ0v) is 9.09. The molecule has 0 aliphatic heterocycles. The summed E-state index contributed by atoms with van der Waals surface area (Å²) in [5, 5.41) is -1.22. The van der Waals surface area contributed by atoms with Gasteiger partial charge in [0.1, 0.15) is 5.40 Å². The average Bonchev–Trinajstić information content (AvgIpc) is 1.84. The Morgan fingerprint density at radius 2 is 1.83 bits per heavy atom. The molecule has 74 valence electrons. The highest BCUT2D eigenvalue weighted by Crippen LogP contribution is 2.62. The van der Waals surface area contributed by atoms with Gasteiger partial charge in [0.25, 0.3) is 0 Å². The average molecular weight is 216 g/mol. The molecule has 0 radical (unpaired) electrons. The largest absolute Gasteiger partial charge is 0.344 e. The van der Waals surface area contributed by atoms with Gasteiger partial charge in [-0.05, 0) is 13.8 Å². The quantitative estimate of drug-likeness (QED) is 0.695. The minimum Gasteiger partial charge on any atom is -0.344 e. The lowest BCUT2D eigenvalue weighted by Crippen LogP contribution is -2.06. The molecule has 0 aromatic rings. The Morgan fingerprint density at radius 1 is 1.42 bits per heavy atom. The van der Waals surface area contributed by atoms with Gasteiger partial charge in [0.2, 0.25) is 7.37 Å². The summed E-state index contributed by atoms with van der Waals surface area (Å²) in [4.78, 5) is 18.1. The molecular weight excluding hydrogens is 202 g/mol. The van der Waals surface area contributed by atoms with Crippen LogP contribution in [0.5, 0.6) is 0 Å². The van der Waals surface area contributed by atoms with Gasteiger partial charge >= 0.3 is 7.60 Å². The van der Waals surface area contributed by atoms with E-state index in [0.29, 0.717) is 0 Å². The minimum absolute atomic E-state index is 0.0537. The summed E-state index contributed by atoms with van der Waals surface area (Å²) >= 11 is 0. The highest BCUT2D eigenvalue weighted by molar-refractivity contribution is 7.73. The van der Waals surface area contributed by atoms with Crippen LogP contribution in [0.15, 0.2) is 0 Å². The summed E-state index contributed by atoms with van der Waals surface area (Å²) in [5.41, 5.74) is 0. The number of hydrogen-bond acceptors (Lipinski definition) is 3. The molecule has 5 nitrogen and oxygen atoms in total. The predicted octanol–water partition coefficient (Wildman–Crippen LogP) is 1.45. The molecule has 0 saturated carbocycles. The Morgan fingerprint density at radius 3 is 2.08 bits per heavy atom. The minimum atomic E-state index is -3.92. The summed E-state index contributed by atoms with van der Waals surface area (Å²) in [5.74, 6) is 0. The second kappa shape index (κ2) is 4.03. The van der Waals surface area contributed by atoms with Crippen molar-refractivity contribution in [2.45, 2.75) is 19.2 Å². The van der Waals surface area contributed by atoms with Gasteiger partial charge in [-0.2, -0.15) is 0 Å². The van der Waals surface area contributed by atoms with E-state index in [4.69, 9.17) is 9.79 Å². The fourth-order valence-electron chi connectivity index (χ4n) is 0.564. The zero-order valence-electron chi connectivity index (χ0n) is 7.30. The van der Waals surface area contributed by atoms with Crippen molar-refractivity contribution in [3.8, 4) is 0 Å². The molecule has 3 unspecified atom stereocenters. The second-order valence-corrected chi connectivity index (χ2v) is 7.79. The molecule has 0 saturated heterocycles. The Hall–Kier alpha value is 0.340. The Bertz CT molecular complexity index is 232. The number of hydrogen-bond donors (Lipinski definition) is 2. The van der Waals surface area contributed by atoms with Crippen molar-refractivity contribution in [3.63, 3.8) is 0 Å². The molecule has 0 bridgehead atoms. The van der Waals surface area contributed by atoms with Crippen molar-refractivity contribution >= 4 is 15.0 Å². The fourth-order valence-corrected chi connectivity index (χ4v) is 3.52. The molecule has 0 heterocycles. The molecule has 0 spiro atoms. The van der Waals surface area contributed by atoms with E-state index in [2.05, 4.69) is 4.52 Å². The summed E-state index contributed by atoms with van der Waals surface area (Å²) in [6, 6.07) is 0. The fraction of sp³-hybridized carbons (Fsp3) is 1.00. The van der Waals surface area contributed by atoms with Crippen LogP contribution < -0.4 is 0 Å². The van der Waals surface area contributed by atoms with E-state index in [-0.39, 0.29) is 6.61 Å². The Kier molecular flexibility index (Phi) is 4.15. The van der Waals surface area contributed by atoms with Crippen LogP contribution in [0.3, 0.4) is 0 Å². The predicted molar refractivity (Wildman–Crippen MR) is 46.7 cm³/mol. The van der Waals surface area contributed by atoms with E-state index < -0.39 is 20.4 Å².